The van der Waals surface area contributed by atoms with Crippen molar-refractivity contribution in [2.45, 2.75) is 25.1 Å². The molecule has 0 heterocycles. The second kappa shape index (κ2) is 12.1. The Balaban J connectivity index is 1.94. The molecule has 0 aromatic heterocycles. The Labute approximate surface area is 188 Å². The first-order valence-electron chi connectivity index (χ1n) is 9.13. The number of nitrogens with one attached hydrogen (secondary N) is 2. The molecular formula is C21H23IN2O6. The minimum absolute atomic E-state index is 0.0179. The van der Waals surface area contributed by atoms with Gasteiger partial charge >= 0.3 is 12.1 Å². The Kier molecular flexibility index (Phi) is 9.55. The fraction of sp³-hybridized carbons (Fsp3) is 0.286. The van der Waals surface area contributed by atoms with Crippen LogP contribution in [0.2, 0.25) is 0 Å². The number of carbonyl (C=O) groups is 3. The molecule has 0 fully saturated rings. The van der Waals surface area contributed by atoms with Crippen molar-refractivity contribution in [2.24, 2.45) is 0 Å². The topological polar surface area (TPSA) is 114 Å². The average Bonchev–Trinajstić information content (AvgIpc) is 2.77. The van der Waals surface area contributed by atoms with Gasteiger partial charge in [0.05, 0.1) is 13.7 Å². The summed E-state index contributed by atoms with van der Waals surface area (Å²) in [7, 11) is 1.22. The number of aliphatic hydroxyl groups is 1. The van der Waals surface area contributed by atoms with Gasteiger partial charge in [0.1, 0.15) is 18.7 Å². The summed E-state index contributed by atoms with van der Waals surface area (Å²) in [5.41, 5.74) is 1.60. The fourth-order valence-electron chi connectivity index (χ4n) is 2.57. The van der Waals surface area contributed by atoms with Crippen molar-refractivity contribution in [3.63, 3.8) is 0 Å². The molecule has 2 atom stereocenters. The van der Waals surface area contributed by atoms with E-state index in [9.17, 15) is 19.5 Å². The molecule has 2 amide bonds. The Morgan fingerprint density at radius 3 is 2.23 bits per heavy atom. The van der Waals surface area contributed by atoms with Crippen LogP contribution in [0.5, 0.6) is 0 Å². The number of esters is 1. The van der Waals surface area contributed by atoms with Crippen LogP contribution in [0.15, 0.2) is 54.6 Å². The molecule has 0 spiro atoms. The quantitative estimate of drug-likeness (QED) is 0.339. The molecule has 2 aromatic carbocycles. The van der Waals surface area contributed by atoms with Crippen LogP contribution >= 0.6 is 22.6 Å². The predicted octanol–water partition coefficient (Wildman–Crippen LogP) is 1.78. The van der Waals surface area contributed by atoms with E-state index in [0.717, 1.165) is 14.7 Å². The van der Waals surface area contributed by atoms with E-state index in [1.165, 1.54) is 7.11 Å². The van der Waals surface area contributed by atoms with Gasteiger partial charge in [0.15, 0.2) is 0 Å². The summed E-state index contributed by atoms with van der Waals surface area (Å²) >= 11 is 2.16. The van der Waals surface area contributed by atoms with Gasteiger partial charge in [0.2, 0.25) is 5.91 Å². The van der Waals surface area contributed by atoms with Crippen molar-refractivity contribution >= 4 is 40.6 Å². The van der Waals surface area contributed by atoms with Crippen molar-refractivity contribution < 1.29 is 29.0 Å². The molecule has 0 saturated carbocycles. The Morgan fingerprint density at radius 1 is 0.967 bits per heavy atom. The molecule has 2 aromatic rings. The number of halogens is 1. The van der Waals surface area contributed by atoms with E-state index in [1.54, 1.807) is 24.3 Å². The van der Waals surface area contributed by atoms with E-state index in [0.29, 0.717) is 0 Å². The van der Waals surface area contributed by atoms with Crippen LogP contribution in [0.1, 0.15) is 11.1 Å². The largest absolute Gasteiger partial charge is 0.467 e. The normalized spacial score (nSPS) is 12.4. The van der Waals surface area contributed by atoms with Crippen LogP contribution in [0.3, 0.4) is 0 Å². The zero-order valence-electron chi connectivity index (χ0n) is 16.3. The lowest BCUT2D eigenvalue weighted by Crippen LogP contribution is -2.54. The molecule has 0 unspecified atom stereocenters. The third-order valence-electron chi connectivity index (χ3n) is 4.16. The predicted molar refractivity (Wildman–Crippen MR) is 117 cm³/mol. The molecule has 160 valence electrons. The molecule has 0 saturated heterocycles. The van der Waals surface area contributed by atoms with Crippen molar-refractivity contribution in [3.8, 4) is 0 Å². The van der Waals surface area contributed by atoms with Crippen molar-refractivity contribution in [2.75, 3.05) is 13.7 Å². The van der Waals surface area contributed by atoms with Gasteiger partial charge in [-0.2, -0.15) is 0 Å². The monoisotopic (exact) mass is 526 g/mol. The molecule has 2 rings (SSSR count). The Hall–Kier alpha value is -2.66. The summed E-state index contributed by atoms with van der Waals surface area (Å²) in [4.78, 5) is 36.6. The molecule has 0 aliphatic heterocycles. The maximum Gasteiger partial charge on any atom is 0.408 e. The first-order valence-corrected chi connectivity index (χ1v) is 10.2. The molecule has 30 heavy (non-hydrogen) atoms. The Bertz CT molecular complexity index is 844. The van der Waals surface area contributed by atoms with E-state index >= 15 is 0 Å². The number of ether oxygens (including phenoxy) is 2. The van der Waals surface area contributed by atoms with Gasteiger partial charge < -0.3 is 25.2 Å². The first-order chi connectivity index (χ1) is 14.4. The number of hydrogen-bond donors (Lipinski definition) is 3. The Morgan fingerprint density at radius 2 is 1.63 bits per heavy atom. The standard InChI is InChI=1S/C21H23IN2O6/c1-29-20(27)17(11-14-7-9-16(22)10-8-14)23-19(26)18(12-25)24-21(28)30-13-15-5-3-2-4-6-15/h2-10,17-18,25H,11-13H2,1H3,(H,23,26)(H,24,28)/t17-,18-/m0/s1. The smallest absolute Gasteiger partial charge is 0.408 e. The number of methoxy groups -OCH3 is 1. The highest BCUT2D eigenvalue weighted by Gasteiger charge is 2.27. The molecule has 8 nitrogen and oxygen atoms in total. The van der Waals surface area contributed by atoms with Crippen molar-refractivity contribution in [3.05, 3.63) is 69.3 Å². The van der Waals surface area contributed by atoms with Gasteiger partial charge in [-0.3, -0.25) is 4.79 Å². The van der Waals surface area contributed by atoms with Gasteiger partial charge in [-0.25, -0.2) is 9.59 Å². The number of alkyl carbamates (subject to hydrolysis) is 1. The lowest BCUT2D eigenvalue weighted by Gasteiger charge is -2.21. The van der Waals surface area contributed by atoms with E-state index in [2.05, 4.69) is 33.2 Å². The number of aliphatic hydroxyl groups excluding tert-OH is 1. The van der Waals surface area contributed by atoms with Crippen LogP contribution in [0.25, 0.3) is 0 Å². The zero-order chi connectivity index (χ0) is 21.9. The summed E-state index contributed by atoms with van der Waals surface area (Å²) in [5.74, 6) is -1.36. The number of benzene rings is 2. The van der Waals surface area contributed by atoms with E-state index < -0.39 is 36.7 Å². The average molecular weight is 526 g/mol. The highest BCUT2D eigenvalue weighted by molar-refractivity contribution is 14.1. The van der Waals surface area contributed by atoms with E-state index in [4.69, 9.17) is 9.47 Å². The minimum atomic E-state index is -1.28. The fourth-order valence-corrected chi connectivity index (χ4v) is 2.92. The molecule has 0 bridgehead atoms. The number of rotatable bonds is 9. The van der Waals surface area contributed by atoms with Gasteiger partial charge in [0.25, 0.3) is 0 Å². The van der Waals surface area contributed by atoms with Crippen LogP contribution in [0.4, 0.5) is 4.79 Å². The molecule has 0 aliphatic rings. The minimum Gasteiger partial charge on any atom is -0.467 e. The number of carbonyl (C=O) groups excluding carboxylic acids is 3. The van der Waals surface area contributed by atoms with Gasteiger partial charge in [-0.15, -0.1) is 0 Å². The van der Waals surface area contributed by atoms with Gasteiger partial charge in [-0.1, -0.05) is 42.5 Å². The summed E-state index contributed by atoms with van der Waals surface area (Å²) in [6.07, 6.45) is -0.660. The molecule has 3 N–H and O–H groups in total. The van der Waals surface area contributed by atoms with Crippen molar-refractivity contribution in [1.29, 1.82) is 0 Å². The highest BCUT2D eigenvalue weighted by atomic mass is 127. The highest BCUT2D eigenvalue weighted by Crippen LogP contribution is 2.10. The van der Waals surface area contributed by atoms with Crippen LogP contribution in [0, 0.1) is 3.57 Å². The second-order valence-electron chi connectivity index (χ2n) is 6.36. The lowest BCUT2D eigenvalue weighted by molar-refractivity contribution is -0.145. The third kappa shape index (κ3) is 7.64. The maximum absolute atomic E-state index is 12.5. The molecular weight excluding hydrogens is 503 g/mol. The molecule has 0 radical (unpaired) electrons. The summed E-state index contributed by atoms with van der Waals surface area (Å²) < 4.78 is 10.9. The van der Waals surface area contributed by atoms with E-state index in [-0.39, 0.29) is 13.0 Å². The van der Waals surface area contributed by atoms with Crippen LogP contribution in [-0.4, -0.2) is 48.9 Å². The molecule has 9 heteroatoms. The number of amides is 2. The van der Waals surface area contributed by atoms with Gasteiger partial charge in [0, 0.05) is 9.99 Å². The zero-order valence-corrected chi connectivity index (χ0v) is 18.5. The first kappa shape index (κ1) is 23.6. The summed E-state index contributed by atoms with van der Waals surface area (Å²) in [6, 6.07) is 14.2. The van der Waals surface area contributed by atoms with Gasteiger partial charge in [-0.05, 0) is 45.9 Å². The SMILES string of the molecule is COC(=O)[C@H](Cc1ccc(I)cc1)NC(=O)[C@H](CO)NC(=O)OCc1ccccc1. The summed E-state index contributed by atoms with van der Waals surface area (Å²) in [6.45, 7) is -0.645. The lowest BCUT2D eigenvalue weighted by atomic mass is 10.1. The van der Waals surface area contributed by atoms with Crippen LogP contribution in [-0.2, 0) is 32.1 Å². The van der Waals surface area contributed by atoms with Crippen molar-refractivity contribution in [1.82, 2.24) is 10.6 Å². The summed E-state index contributed by atoms with van der Waals surface area (Å²) in [5, 5.41) is 14.3. The second-order valence-corrected chi connectivity index (χ2v) is 7.60. The number of hydrogen-bond acceptors (Lipinski definition) is 6. The van der Waals surface area contributed by atoms with E-state index in [1.807, 2.05) is 30.3 Å². The van der Waals surface area contributed by atoms with Crippen LogP contribution < -0.4 is 10.6 Å². The molecule has 0 aliphatic carbocycles. The third-order valence-corrected chi connectivity index (χ3v) is 4.88. The maximum atomic E-state index is 12.5.